The van der Waals surface area contributed by atoms with E-state index >= 15 is 4.39 Å². The lowest BCUT2D eigenvalue weighted by molar-refractivity contribution is 0.0689. The van der Waals surface area contributed by atoms with Crippen LogP contribution < -0.4 is 15.2 Å². The van der Waals surface area contributed by atoms with Gasteiger partial charge in [0, 0.05) is 11.5 Å². The lowest BCUT2D eigenvalue weighted by Crippen LogP contribution is -2.44. The Kier molecular flexibility index (Phi) is 6.32. The molecule has 0 spiro atoms. The average molecular weight is 423 g/mol. The first-order chi connectivity index (χ1) is 14.7. The van der Waals surface area contributed by atoms with Gasteiger partial charge in [0.2, 0.25) is 0 Å². The highest BCUT2D eigenvalue weighted by Crippen LogP contribution is 2.39. The van der Waals surface area contributed by atoms with Crippen LogP contribution in [-0.2, 0) is 0 Å². The van der Waals surface area contributed by atoms with Gasteiger partial charge >= 0.3 is 5.97 Å². The molecule has 0 radical (unpaired) electrons. The highest BCUT2D eigenvalue weighted by atomic mass is 19.1. The van der Waals surface area contributed by atoms with Crippen molar-refractivity contribution < 1.29 is 23.8 Å². The molecular weight excluding hydrogens is 397 g/mol. The van der Waals surface area contributed by atoms with Gasteiger partial charge in [0.15, 0.2) is 0 Å². The first-order valence-corrected chi connectivity index (χ1v) is 9.84. The summed E-state index contributed by atoms with van der Waals surface area (Å²) in [4.78, 5) is 11.5. The van der Waals surface area contributed by atoms with E-state index in [4.69, 9.17) is 15.2 Å². The van der Waals surface area contributed by atoms with Crippen LogP contribution in [-0.4, -0.2) is 30.8 Å². The zero-order chi connectivity index (χ0) is 22.8. The van der Waals surface area contributed by atoms with Gasteiger partial charge in [0.25, 0.3) is 0 Å². The zero-order valence-corrected chi connectivity index (χ0v) is 18.0. The van der Waals surface area contributed by atoms with E-state index in [0.29, 0.717) is 0 Å². The second-order valence-electron chi connectivity index (χ2n) is 7.57. The topological polar surface area (TPSA) is 81.8 Å². The van der Waals surface area contributed by atoms with E-state index in [-0.39, 0.29) is 28.5 Å². The van der Waals surface area contributed by atoms with Gasteiger partial charge in [-0.3, -0.25) is 0 Å². The molecular formula is C25H26FNO4. The van der Waals surface area contributed by atoms with E-state index in [0.717, 1.165) is 16.7 Å². The van der Waals surface area contributed by atoms with Crippen molar-refractivity contribution in [3.8, 4) is 11.5 Å². The number of benzene rings is 2. The molecule has 2 aromatic rings. The molecule has 5 nitrogen and oxygen atoms in total. The van der Waals surface area contributed by atoms with Crippen LogP contribution >= 0.6 is 0 Å². The average Bonchev–Trinajstić information content (AvgIpc) is 2.75. The minimum atomic E-state index is -1.23. The number of methoxy groups -OCH3 is 2. The highest BCUT2D eigenvalue weighted by molar-refractivity contribution is 5.95. The number of aryl methyl sites for hydroxylation is 1. The SMILES string of the molecule is COc1cc(/C(F)=C/C2(N)C=CC=C(c3ccccc3C)C2C)cc(OC)c1C(=O)O. The molecule has 0 saturated carbocycles. The Morgan fingerprint density at radius 2 is 1.81 bits per heavy atom. The lowest BCUT2D eigenvalue weighted by Gasteiger charge is -2.35. The van der Waals surface area contributed by atoms with Crippen molar-refractivity contribution in [2.75, 3.05) is 14.2 Å². The third kappa shape index (κ3) is 4.25. The Balaban J connectivity index is 2.03. The van der Waals surface area contributed by atoms with Gasteiger partial charge in [0.1, 0.15) is 22.9 Å². The monoisotopic (exact) mass is 423 g/mol. The van der Waals surface area contributed by atoms with Crippen molar-refractivity contribution in [2.45, 2.75) is 19.4 Å². The fraction of sp³-hybridized carbons (Fsp3) is 0.240. The van der Waals surface area contributed by atoms with Crippen molar-refractivity contribution in [3.05, 3.63) is 83.0 Å². The molecule has 2 aromatic carbocycles. The number of carbonyl (C=O) groups is 1. The van der Waals surface area contributed by atoms with Crippen molar-refractivity contribution in [1.29, 1.82) is 0 Å². The minimum Gasteiger partial charge on any atom is -0.496 e. The van der Waals surface area contributed by atoms with Crippen LogP contribution in [0.5, 0.6) is 11.5 Å². The van der Waals surface area contributed by atoms with Crippen LogP contribution in [0.3, 0.4) is 0 Å². The highest BCUT2D eigenvalue weighted by Gasteiger charge is 2.34. The third-order valence-corrected chi connectivity index (χ3v) is 5.71. The molecule has 0 aliphatic heterocycles. The van der Waals surface area contributed by atoms with Crippen LogP contribution in [0.25, 0.3) is 11.4 Å². The molecule has 1 aliphatic carbocycles. The molecule has 31 heavy (non-hydrogen) atoms. The van der Waals surface area contributed by atoms with E-state index in [1.165, 1.54) is 32.4 Å². The van der Waals surface area contributed by atoms with Crippen LogP contribution in [0.4, 0.5) is 4.39 Å². The molecule has 0 amide bonds. The fourth-order valence-electron chi connectivity index (χ4n) is 3.83. The van der Waals surface area contributed by atoms with Crippen LogP contribution in [0.1, 0.15) is 34.0 Å². The molecule has 3 rings (SSSR count). The van der Waals surface area contributed by atoms with E-state index < -0.39 is 17.3 Å². The Morgan fingerprint density at radius 1 is 1.19 bits per heavy atom. The van der Waals surface area contributed by atoms with Crippen molar-refractivity contribution >= 4 is 17.4 Å². The molecule has 3 N–H and O–H groups in total. The first-order valence-electron chi connectivity index (χ1n) is 9.84. The number of allylic oxidation sites excluding steroid dienone is 2. The summed E-state index contributed by atoms with van der Waals surface area (Å²) < 4.78 is 25.7. The Bertz CT molecular complexity index is 1080. The van der Waals surface area contributed by atoms with Gasteiger partial charge in [0.05, 0.1) is 19.8 Å². The predicted octanol–water partition coefficient (Wildman–Crippen LogP) is 5.01. The second-order valence-corrected chi connectivity index (χ2v) is 7.57. The molecule has 0 fully saturated rings. The van der Waals surface area contributed by atoms with Gasteiger partial charge in [-0.25, -0.2) is 9.18 Å². The molecule has 0 heterocycles. The summed E-state index contributed by atoms with van der Waals surface area (Å²) in [5.74, 6) is -2.02. The standard InChI is InChI=1S/C25H26FNO4/c1-15-8-5-6-9-18(15)19-10-7-11-25(27,16(19)2)14-20(26)17-12-21(30-3)23(24(28)29)22(13-17)31-4/h5-14,16H,27H2,1-4H3,(H,28,29)/b20-14-. The number of rotatable bonds is 6. The maximum atomic E-state index is 15.4. The number of ether oxygens (including phenoxy) is 2. The maximum absolute atomic E-state index is 15.4. The van der Waals surface area contributed by atoms with Crippen LogP contribution in [0, 0.1) is 12.8 Å². The Labute approximate surface area is 181 Å². The molecule has 1 aliphatic rings. The number of hydrogen-bond donors (Lipinski definition) is 2. The molecule has 6 heteroatoms. The van der Waals surface area contributed by atoms with Crippen molar-refractivity contribution in [2.24, 2.45) is 11.7 Å². The molecule has 0 bridgehead atoms. The summed E-state index contributed by atoms with van der Waals surface area (Å²) in [6, 6.07) is 10.6. The number of hydrogen-bond acceptors (Lipinski definition) is 4. The number of carboxylic acid groups (broad SMARTS) is 1. The quantitative estimate of drug-likeness (QED) is 0.683. The molecule has 162 valence electrons. The second kappa shape index (κ2) is 8.78. The summed E-state index contributed by atoms with van der Waals surface area (Å²) in [6.45, 7) is 3.98. The number of halogens is 1. The maximum Gasteiger partial charge on any atom is 0.343 e. The summed E-state index contributed by atoms with van der Waals surface area (Å²) in [6.07, 6.45) is 6.95. The summed E-state index contributed by atoms with van der Waals surface area (Å²) in [5.41, 5.74) is 8.71. The fourth-order valence-corrected chi connectivity index (χ4v) is 3.83. The zero-order valence-electron chi connectivity index (χ0n) is 18.0. The molecule has 0 aromatic heterocycles. The van der Waals surface area contributed by atoms with Crippen molar-refractivity contribution in [1.82, 2.24) is 0 Å². The van der Waals surface area contributed by atoms with Gasteiger partial charge < -0.3 is 20.3 Å². The van der Waals surface area contributed by atoms with Crippen LogP contribution in [0.15, 0.2) is 60.7 Å². The lowest BCUT2D eigenvalue weighted by atomic mass is 9.74. The Hall–Kier alpha value is -3.38. The van der Waals surface area contributed by atoms with Crippen LogP contribution in [0.2, 0.25) is 0 Å². The Morgan fingerprint density at radius 3 is 2.35 bits per heavy atom. The molecule has 0 saturated heterocycles. The third-order valence-electron chi connectivity index (χ3n) is 5.71. The molecule has 2 atom stereocenters. The van der Waals surface area contributed by atoms with Gasteiger partial charge in [-0.1, -0.05) is 49.4 Å². The van der Waals surface area contributed by atoms with Gasteiger partial charge in [-0.2, -0.15) is 0 Å². The van der Waals surface area contributed by atoms with E-state index in [1.54, 1.807) is 6.08 Å². The summed E-state index contributed by atoms with van der Waals surface area (Å²) >= 11 is 0. The van der Waals surface area contributed by atoms with Gasteiger partial charge in [-0.05, 0) is 41.8 Å². The summed E-state index contributed by atoms with van der Waals surface area (Å²) in [7, 11) is 2.64. The number of nitrogens with two attached hydrogens (primary N) is 1. The summed E-state index contributed by atoms with van der Waals surface area (Å²) in [5, 5.41) is 9.43. The van der Waals surface area contributed by atoms with Gasteiger partial charge in [-0.15, -0.1) is 0 Å². The number of carboxylic acids is 1. The van der Waals surface area contributed by atoms with E-state index in [1.807, 2.05) is 50.3 Å². The predicted molar refractivity (Wildman–Crippen MR) is 120 cm³/mol. The largest absolute Gasteiger partial charge is 0.496 e. The van der Waals surface area contributed by atoms with E-state index in [9.17, 15) is 9.90 Å². The normalized spacial score (nSPS) is 20.9. The van der Waals surface area contributed by atoms with Crippen molar-refractivity contribution in [3.63, 3.8) is 0 Å². The van der Waals surface area contributed by atoms with E-state index in [2.05, 4.69) is 0 Å². The minimum absolute atomic E-state index is 0.00389. The smallest absolute Gasteiger partial charge is 0.343 e. The molecule has 2 unspecified atom stereocenters. The first kappa shape index (κ1) is 22.3. The number of aromatic carboxylic acids is 1.